The summed E-state index contributed by atoms with van der Waals surface area (Å²) in [6, 6.07) is 4.50. The number of hydrogen-bond donors (Lipinski definition) is 1. The average molecular weight is 285 g/mol. The lowest BCUT2D eigenvalue weighted by molar-refractivity contribution is 0.627. The maximum Gasteiger partial charge on any atom is 0.146 e. The molecule has 1 N–H and O–H groups in total. The molecule has 1 unspecified atom stereocenters. The summed E-state index contributed by atoms with van der Waals surface area (Å²) in [4.78, 5) is 5.49. The second-order valence-corrected chi connectivity index (χ2v) is 5.84. The van der Waals surface area contributed by atoms with E-state index in [1.807, 2.05) is 20.8 Å². The summed E-state index contributed by atoms with van der Waals surface area (Å²) in [6.07, 6.45) is 0. The van der Waals surface area contributed by atoms with Gasteiger partial charge in [-0.1, -0.05) is 11.6 Å². The molecule has 5 heteroatoms. The third-order valence-electron chi connectivity index (χ3n) is 2.63. The first kappa shape index (κ1) is 13.3. The van der Waals surface area contributed by atoms with E-state index in [1.54, 1.807) is 17.4 Å². The highest BCUT2D eigenvalue weighted by atomic mass is 35.5. The van der Waals surface area contributed by atoms with Crippen LogP contribution in [0.1, 0.15) is 28.5 Å². The van der Waals surface area contributed by atoms with Gasteiger partial charge < -0.3 is 5.32 Å². The van der Waals surface area contributed by atoms with E-state index in [9.17, 15) is 4.39 Å². The minimum atomic E-state index is -0.301. The third kappa shape index (κ3) is 2.82. The molecule has 1 aromatic heterocycles. The summed E-state index contributed by atoms with van der Waals surface area (Å²) in [5.41, 5.74) is 1.40. The van der Waals surface area contributed by atoms with Gasteiger partial charge in [-0.15, -0.1) is 11.3 Å². The van der Waals surface area contributed by atoms with Crippen molar-refractivity contribution in [1.29, 1.82) is 0 Å². The molecule has 2 rings (SSSR count). The normalized spacial score (nSPS) is 12.5. The molecule has 0 saturated heterocycles. The average Bonchev–Trinajstić information content (AvgIpc) is 2.63. The number of thiazole rings is 1. The van der Waals surface area contributed by atoms with E-state index in [1.165, 1.54) is 12.1 Å². The van der Waals surface area contributed by atoms with E-state index in [0.717, 1.165) is 15.6 Å². The fourth-order valence-electron chi connectivity index (χ4n) is 1.86. The van der Waals surface area contributed by atoms with Crippen LogP contribution in [0.15, 0.2) is 18.2 Å². The second-order valence-electron chi connectivity index (χ2n) is 4.17. The first-order chi connectivity index (χ1) is 8.47. The lowest BCUT2D eigenvalue weighted by Crippen LogP contribution is -2.07. The molecular weight excluding hydrogens is 271 g/mol. The van der Waals surface area contributed by atoms with Crippen LogP contribution in [0.25, 0.3) is 0 Å². The summed E-state index contributed by atoms with van der Waals surface area (Å²) in [5.74, 6) is -0.301. The van der Waals surface area contributed by atoms with Crippen LogP contribution >= 0.6 is 22.9 Å². The Bertz CT molecular complexity index is 568. The number of benzene rings is 1. The number of anilines is 1. The van der Waals surface area contributed by atoms with Gasteiger partial charge in [0, 0.05) is 9.90 Å². The number of hydrogen-bond acceptors (Lipinski definition) is 3. The van der Waals surface area contributed by atoms with Crippen molar-refractivity contribution in [3.63, 3.8) is 0 Å². The quantitative estimate of drug-likeness (QED) is 0.882. The van der Waals surface area contributed by atoms with E-state index >= 15 is 0 Å². The van der Waals surface area contributed by atoms with Crippen molar-refractivity contribution in [3.05, 3.63) is 44.6 Å². The molecule has 1 aromatic carbocycles. The number of rotatable bonds is 3. The molecule has 0 spiro atoms. The molecule has 0 aliphatic heterocycles. The van der Waals surface area contributed by atoms with Gasteiger partial charge in [0.05, 0.1) is 22.4 Å². The zero-order chi connectivity index (χ0) is 13.3. The molecule has 0 aliphatic carbocycles. The Hall–Kier alpha value is -1.13. The molecule has 0 fully saturated rings. The lowest BCUT2D eigenvalue weighted by Gasteiger charge is -2.15. The molecule has 18 heavy (non-hydrogen) atoms. The Labute approximate surface area is 115 Å². The van der Waals surface area contributed by atoms with Crippen molar-refractivity contribution < 1.29 is 4.39 Å². The number of nitrogens with zero attached hydrogens (tertiary/aromatic N) is 1. The number of nitrogens with one attached hydrogen (secondary N) is 1. The number of halogens is 2. The zero-order valence-electron chi connectivity index (χ0n) is 10.4. The Balaban J connectivity index is 2.23. The molecule has 0 radical (unpaired) electrons. The highest BCUT2D eigenvalue weighted by molar-refractivity contribution is 7.11. The Kier molecular flexibility index (Phi) is 3.88. The van der Waals surface area contributed by atoms with Crippen molar-refractivity contribution >= 4 is 28.6 Å². The summed E-state index contributed by atoms with van der Waals surface area (Å²) in [6.45, 7) is 5.92. The third-order valence-corrected chi connectivity index (χ3v) is 4.12. The van der Waals surface area contributed by atoms with Gasteiger partial charge in [-0.2, -0.15) is 0 Å². The van der Waals surface area contributed by atoms with E-state index in [-0.39, 0.29) is 11.9 Å². The van der Waals surface area contributed by atoms with E-state index in [4.69, 9.17) is 11.6 Å². The summed E-state index contributed by atoms with van der Waals surface area (Å²) >= 11 is 7.49. The van der Waals surface area contributed by atoms with Gasteiger partial charge in [-0.25, -0.2) is 9.37 Å². The maximum atomic E-state index is 13.6. The molecule has 0 saturated carbocycles. The van der Waals surface area contributed by atoms with Crippen LogP contribution in [0.2, 0.25) is 5.02 Å². The van der Waals surface area contributed by atoms with E-state index in [0.29, 0.717) is 10.7 Å². The predicted molar refractivity (Wildman–Crippen MR) is 75.0 cm³/mol. The minimum Gasteiger partial charge on any atom is -0.375 e. The van der Waals surface area contributed by atoms with Crippen molar-refractivity contribution in [2.24, 2.45) is 0 Å². The van der Waals surface area contributed by atoms with Crippen LogP contribution in [-0.2, 0) is 0 Å². The van der Waals surface area contributed by atoms with Gasteiger partial charge in [-0.05, 0) is 39.0 Å². The molecule has 0 bridgehead atoms. The maximum absolute atomic E-state index is 13.6. The van der Waals surface area contributed by atoms with Crippen LogP contribution in [0, 0.1) is 19.7 Å². The van der Waals surface area contributed by atoms with Crippen LogP contribution in [0.3, 0.4) is 0 Å². The fourth-order valence-corrected chi connectivity index (χ4v) is 2.96. The van der Waals surface area contributed by atoms with Crippen molar-refractivity contribution in [2.45, 2.75) is 26.8 Å². The molecule has 0 aliphatic rings. The van der Waals surface area contributed by atoms with Gasteiger partial charge >= 0.3 is 0 Å². The SMILES string of the molecule is Cc1nc(C)c(C(C)Nc2cc(Cl)ccc2F)s1. The van der Waals surface area contributed by atoms with Gasteiger partial charge in [0.1, 0.15) is 5.82 Å². The van der Waals surface area contributed by atoms with Gasteiger partial charge in [0.15, 0.2) is 0 Å². The van der Waals surface area contributed by atoms with Gasteiger partial charge in [-0.3, -0.25) is 0 Å². The highest BCUT2D eigenvalue weighted by Crippen LogP contribution is 2.29. The van der Waals surface area contributed by atoms with Gasteiger partial charge in [0.25, 0.3) is 0 Å². The smallest absolute Gasteiger partial charge is 0.146 e. The first-order valence-corrected chi connectivity index (χ1v) is 6.82. The lowest BCUT2D eigenvalue weighted by atomic mass is 10.2. The molecule has 1 atom stereocenters. The summed E-state index contributed by atoms with van der Waals surface area (Å²) in [7, 11) is 0. The Morgan fingerprint density at radius 2 is 2.11 bits per heavy atom. The van der Waals surface area contributed by atoms with Gasteiger partial charge in [0.2, 0.25) is 0 Å². The standard InChI is InChI=1S/C13H14ClFN2S/c1-7-13(18-9(3)16-7)8(2)17-12-6-10(14)4-5-11(12)15/h4-6,8,17H,1-3H3. The number of aryl methyl sites for hydroxylation is 2. The largest absolute Gasteiger partial charge is 0.375 e. The molecule has 1 heterocycles. The van der Waals surface area contributed by atoms with E-state index in [2.05, 4.69) is 10.3 Å². The topological polar surface area (TPSA) is 24.9 Å². The summed E-state index contributed by atoms with van der Waals surface area (Å²) < 4.78 is 13.6. The molecular formula is C13H14ClFN2S. The van der Waals surface area contributed by atoms with Crippen molar-refractivity contribution in [1.82, 2.24) is 4.98 Å². The minimum absolute atomic E-state index is 0.00386. The fraction of sp³-hybridized carbons (Fsp3) is 0.308. The monoisotopic (exact) mass is 284 g/mol. The zero-order valence-corrected chi connectivity index (χ0v) is 12.0. The van der Waals surface area contributed by atoms with Crippen molar-refractivity contribution in [3.8, 4) is 0 Å². The molecule has 96 valence electrons. The van der Waals surface area contributed by atoms with Crippen LogP contribution in [-0.4, -0.2) is 4.98 Å². The van der Waals surface area contributed by atoms with E-state index < -0.39 is 0 Å². The molecule has 0 amide bonds. The Morgan fingerprint density at radius 3 is 2.72 bits per heavy atom. The Morgan fingerprint density at radius 1 is 1.39 bits per heavy atom. The second kappa shape index (κ2) is 5.24. The predicted octanol–water partition coefficient (Wildman–Crippen LogP) is 4.73. The van der Waals surface area contributed by atoms with Crippen LogP contribution in [0.5, 0.6) is 0 Å². The highest BCUT2D eigenvalue weighted by Gasteiger charge is 2.14. The van der Waals surface area contributed by atoms with Crippen LogP contribution in [0.4, 0.5) is 10.1 Å². The van der Waals surface area contributed by atoms with Crippen LogP contribution < -0.4 is 5.32 Å². The number of aromatic nitrogens is 1. The summed E-state index contributed by atoms with van der Waals surface area (Å²) in [5, 5.41) is 4.67. The first-order valence-electron chi connectivity index (χ1n) is 5.63. The van der Waals surface area contributed by atoms with Crippen molar-refractivity contribution in [2.75, 3.05) is 5.32 Å². The molecule has 2 nitrogen and oxygen atoms in total. The molecule has 2 aromatic rings.